The first-order chi connectivity index (χ1) is 6.70. The van der Waals surface area contributed by atoms with Gasteiger partial charge in [0.2, 0.25) is 0 Å². The highest BCUT2D eigenvalue weighted by Crippen LogP contribution is 2.21. The summed E-state index contributed by atoms with van der Waals surface area (Å²) in [6.45, 7) is 9.96. The van der Waals surface area contributed by atoms with Crippen molar-refractivity contribution in [2.24, 2.45) is 0 Å². The van der Waals surface area contributed by atoms with Crippen LogP contribution < -0.4 is 5.30 Å². The molecule has 0 aliphatic rings. The average Bonchev–Trinajstić information content (AvgIpc) is 2.24. The number of benzene rings is 1. The molecule has 1 rings (SSSR count). The van der Waals surface area contributed by atoms with E-state index in [9.17, 15) is 0 Å². The molecule has 0 aromatic heterocycles. The highest BCUT2D eigenvalue weighted by Gasteiger charge is 2.00. The molecule has 0 aliphatic heterocycles. The maximum absolute atomic E-state index is 8.73. The van der Waals surface area contributed by atoms with Crippen molar-refractivity contribution in [2.45, 2.75) is 34.6 Å². The van der Waals surface area contributed by atoms with Crippen LogP contribution in [0, 0.1) is 6.92 Å². The lowest BCUT2D eigenvalue weighted by atomic mass is 10.2. The third kappa shape index (κ3) is 7.02. The fraction of sp³-hybridized carbons (Fsp3) is 0.455. The van der Waals surface area contributed by atoms with E-state index in [-0.39, 0.29) is 0 Å². The number of hydrogen-bond acceptors (Lipinski definition) is 2. The summed E-state index contributed by atoms with van der Waals surface area (Å²) in [6, 6.07) is 7.16. The Labute approximate surface area is 88.5 Å². The number of hydrogen-bond donors (Lipinski definition) is 2. The average molecular weight is 216 g/mol. The first-order valence-corrected chi connectivity index (χ1v) is 6.19. The molecule has 2 nitrogen and oxygen atoms in total. The molecule has 3 heteroatoms. The predicted octanol–water partition coefficient (Wildman–Crippen LogP) is 2.97. The largest absolute Gasteiger partial charge is 0.347 e. The van der Waals surface area contributed by atoms with Crippen molar-refractivity contribution in [2.75, 3.05) is 0 Å². The summed E-state index contributed by atoms with van der Waals surface area (Å²) in [5.74, 6) is 0. The van der Waals surface area contributed by atoms with E-state index in [4.69, 9.17) is 9.79 Å². The first-order valence-electron chi connectivity index (χ1n) is 4.94. The SMILES string of the molecule is CC.CC.Cc1ccc(P(O)O)cc1. The van der Waals surface area contributed by atoms with Gasteiger partial charge in [0, 0.05) is 5.30 Å². The second-order valence-electron chi connectivity index (χ2n) is 2.12. The summed E-state index contributed by atoms with van der Waals surface area (Å²) in [5, 5.41) is 0.598. The van der Waals surface area contributed by atoms with Crippen LogP contribution in [0.2, 0.25) is 0 Å². The molecule has 82 valence electrons. The van der Waals surface area contributed by atoms with Crippen molar-refractivity contribution in [3.63, 3.8) is 0 Å². The standard InChI is InChI=1S/C7H9O2P.2C2H6/c1-6-2-4-7(5-3-6)10(8)9;2*1-2/h2-5,8-9H,1H3;2*1-2H3. The Morgan fingerprint density at radius 2 is 1.21 bits per heavy atom. The molecule has 2 N–H and O–H groups in total. The fourth-order valence-electron chi connectivity index (χ4n) is 0.678. The van der Waals surface area contributed by atoms with Gasteiger partial charge in [-0.1, -0.05) is 45.4 Å². The van der Waals surface area contributed by atoms with Gasteiger partial charge >= 0.3 is 0 Å². The molecule has 0 radical (unpaired) electrons. The minimum Gasteiger partial charge on any atom is -0.347 e. The van der Waals surface area contributed by atoms with Gasteiger partial charge in [-0.25, -0.2) is 0 Å². The topological polar surface area (TPSA) is 40.5 Å². The van der Waals surface area contributed by atoms with E-state index in [0.717, 1.165) is 5.56 Å². The van der Waals surface area contributed by atoms with Gasteiger partial charge in [0.15, 0.2) is 8.38 Å². The lowest BCUT2D eigenvalue weighted by Gasteiger charge is -2.00. The fourth-order valence-corrected chi connectivity index (χ4v) is 1.09. The molecule has 0 saturated heterocycles. The van der Waals surface area contributed by atoms with Gasteiger partial charge in [-0.15, -0.1) is 0 Å². The monoisotopic (exact) mass is 216 g/mol. The van der Waals surface area contributed by atoms with Crippen LogP contribution in [-0.4, -0.2) is 9.79 Å². The maximum atomic E-state index is 8.73. The van der Waals surface area contributed by atoms with E-state index in [1.165, 1.54) is 0 Å². The maximum Gasteiger partial charge on any atom is 0.199 e. The van der Waals surface area contributed by atoms with Gasteiger partial charge in [-0.05, 0) is 19.1 Å². The molecule has 14 heavy (non-hydrogen) atoms. The summed E-state index contributed by atoms with van der Waals surface area (Å²) < 4.78 is 0. The van der Waals surface area contributed by atoms with E-state index in [1.54, 1.807) is 12.1 Å². The van der Waals surface area contributed by atoms with E-state index >= 15 is 0 Å². The molecular formula is C11H21O2P. The van der Waals surface area contributed by atoms with Crippen LogP contribution in [0.5, 0.6) is 0 Å². The van der Waals surface area contributed by atoms with Crippen molar-refractivity contribution in [3.05, 3.63) is 29.8 Å². The van der Waals surface area contributed by atoms with E-state index in [0.29, 0.717) is 5.30 Å². The molecule has 0 saturated carbocycles. The second-order valence-corrected chi connectivity index (χ2v) is 3.22. The third-order valence-corrected chi connectivity index (χ3v) is 2.02. The first kappa shape index (κ1) is 16.0. The zero-order valence-electron chi connectivity index (χ0n) is 9.65. The van der Waals surface area contributed by atoms with Crippen LogP contribution in [0.15, 0.2) is 24.3 Å². The molecule has 1 aromatic carbocycles. The molecule has 0 spiro atoms. The Morgan fingerprint density at radius 3 is 1.50 bits per heavy atom. The van der Waals surface area contributed by atoms with Crippen molar-refractivity contribution in [1.29, 1.82) is 0 Å². The Morgan fingerprint density at radius 1 is 0.857 bits per heavy atom. The summed E-state index contributed by atoms with van der Waals surface area (Å²) in [7, 11) is -1.91. The van der Waals surface area contributed by atoms with Crippen LogP contribution in [0.1, 0.15) is 33.3 Å². The van der Waals surface area contributed by atoms with Crippen LogP contribution >= 0.6 is 8.38 Å². The third-order valence-electron chi connectivity index (χ3n) is 1.26. The Kier molecular flexibility index (Phi) is 12.2. The van der Waals surface area contributed by atoms with Crippen molar-refractivity contribution >= 4 is 13.7 Å². The van der Waals surface area contributed by atoms with Crippen LogP contribution in [-0.2, 0) is 0 Å². The van der Waals surface area contributed by atoms with Gasteiger partial charge in [0.25, 0.3) is 0 Å². The zero-order chi connectivity index (χ0) is 11.6. The molecule has 0 atom stereocenters. The summed E-state index contributed by atoms with van der Waals surface area (Å²) in [6.07, 6.45) is 0. The Hall–Kier alpha value is -0.430. The van der Waals surface area contributed by atoms with Crippen molar-refractivity contribution in [3.8, 4) is 0 Å². The van der Waals surface area contributed by atoms with Gasteiger partial charge < -0.3 is 9.79 Å². The van der Waals surface area contributed by atoms with Crippen molar-refractivity contribution < 1.29 is 9.79 Å². The molecule has 1 aromatic rings. The highest BCUT2D eigenvalue weighted by atomic mass is 31.2. The predicted molar refractivity (Wildman–Crippen MR) is 64.9 cm³/mol. The van der Waals surface area contributed by atoms with Crippen LogP contribution in [0.4, 0.5) is 0 Å². The van der Waals surface area contributed by atoms with E-state index < -0.39 is 8.38 Å². The van der Waals surface area contributed by atoms with Crippen LogP contribution in [0.3, 0.4) is 0 Å². The molecule has 0 heterocycles. The molecule has 0 aliphatic carbocycles. The molecule has 0 amide bonds. The Bertz CT molecular complexity index is 207. The normalized spacial score (nSPS) is 8.29. The van der Waals surface area contributed by atoms with Gasteiger partial charge in [0.05, 0.1) is 0 Å². The Balaban J connectivity index is 0. The molecular weight excluding hydrogens is 195 g/mol. The number of rotatable bonds is 1. The lowest BCUT2D eigenvalue weighted by Crippen LogP contribution is -1.97. The van der Waals surface area contributed by atoms with Crippen molar-refractivity contribution in [1.82, 2.24) is 0 Å². The summed E-state index contributed by atoms with van der Waals surface area (Å²) in [4.78, 5) is 17.5. The second kappa shape index (κ2) is 10.6. The van der Waals surface area contributed by atoms with Gasteiger partial charge in [0.1, 0.15) is 0 Å². The van der Waals surface area contributed by atoms with Gasteiger partial charge in [-0.2, -0.15) is 0 Å². The molecule has 0 unspecified atom stereocenters. The minimum absolute atomic E-state index is 0.598. The smallest absolute Gasteiger partial charge is 0.199 e. The lowest BCUT2D eigenvalue weighted by molar-refractivity contribution is 0.497. The van der Waals surface area contributed by atoms with E-state index in [2.05, 4.69) is 0 Å². The zero-order valence-corrected chi connectivity index (χ0v) is 10.5. The highest BCUT2D eigenvalue weighted by molar-refractivity contribution is 7.54. The summed E-state index contributed by atoms with van der Waals surface area (Å²) in [5.41, 5.74) is 1.13. The molecule has 0 bridgehead atoms. The quantitative estimate of drug-likeness (QED) is 0.708. The minimum atomic E-state index is -1.91. The molecule has 0 fully saturated rings. The van der Waals surface area contributed by atoms with Gasteiger partial charge in [-0.3, -0.25) is 0 Å². The van der Waals surface area contributed by atoms with Crippen LogP contribution in [0.25, 0.3) is 0 Å². The summed E-state index contributed by atoms with van der Waals surface area (Å²) >= 11 is 0. The van der Waals surface area contributed by atoms with E-state index in [1.807, 2.05) is 46.8 Å². The number of aryl methyl sites for hydroxylation is 1.